The third-order valence-corrected chi connectivity index (χ3v) is 3.69. The normalized spacial score (nSPS) is 18.8. The van der Waals surface area contributed by atoms with Gasteiger partial charge in [0.25, 0.3) is 0 Å². The van der Waals surface area contributed by atoms with Crippen LogP contribution in [-0.2, 0) is 6.54 Å². The summed E-state index contributed by atoms with van der Waals surface area (Å²) in [7, 11) is 0. The van der Waals surface area contributed by atoms with Crippen molar-refractivity contribution in [1.29, 1.82) is 0 Å². The van der Waals surface area contributed by atoms with Gasteiger partial charge in [-0.25, -0.2) is 0 Å². The number of nitrogens with one attached hydrogen (secondary N) is 1. The van der Waals surface area contributed by atoms with Gasteiger partial charge in [-0.05, 0) is 43.2 Å². The molecule has 1 N–H and O–H groups in total. The van der Waals surface area contributed by atoms with E-state index in [9.17, 15) is 0 Å². The fourth-order valence-electron chi connectivity index (χ4n) is 2.68. The first kappa shape index (κ1) is 12.2. The first-order chi connectivity index (χ1) is 9.24. The van der Waals surface area contributed by atoms with Gasteiger partial charge in [0.1, 0.15) is 0 Å². The summed E-state index contributed by atoms with van der Waals surface area (Å²) in [4.78, 5) is 2.42. The largest absolute Gasteiger partial charge is 0.340 e. The Hall–Kier alpha value is -1.80. The zero-order valence-electron chi connectivity index (χ0n) is 11.6. The monoisotopic (exact) mass is 252 g/mol. The topological polar surface area (TPSA) is 15.3 Å². The Morgan fingerprint density at radius 1 is 1.11 bits per heavy atom. The number of hydrogen-bond donors (Lipinski definition) is 1. The van der Waals surface area contributed by atoms with Crippen LogP contribution in [0.4, 0.5) is 11.4 Å². The molecule has 0 spiro atoms. The van der Waals surface area contributed by atoms with Crippen LogP contribution in [0.1, 0.15) is 18.1 Å². The van der Waals surface area contributed by atoms with E-state index in [-0.39, 0.29) is 0 Å². The molecule has 0 aromatic heterocycles. The van der Waals surface area contributed by atoms with Gasteiger partial charge in [-0.2, -0.15) is 0 Å². The van der Waals surface area contributed by atoms with Crippen molar-refractivity contribution in [3.05, 3.63) is 59.7 Å². The molecule has 2 heteroatoms. The highest BCUT2D eigenvalue weighted by Gasteiger charge is 2.19. The van der Waals surface area contributed by atoms with Crippen LogP contribution in [0.5, 0.6) is 0 Å². The van der Waals surface area contributed by atoms with Gasteiger partial charge >= 0.3 is 0 Å². The van der Waals surface area contributed by atoms with Crippen LogP contribution in [0.25, 0.3) is 0 Å². The maximum atomic E-state index is 3.57. The molecule has 1 atom stereocenters. The number of para-hydroxylation sites is 1. The lowest BCUT2D eigenvalue weighted by molar-refractivity contribution is 0.568. The summed E-state index contributed by atoms with van der Waals surface area (Å²) >= 11 is 0. The van der Waals surface area contributed by atoms with Crippen molar-refractivity contribution in [1.82, 2.24) is 5.32 Å². The average Bonchev–Trinajstić information content (AvgIpc) is 2.59. The first-order valence-corrected chi connectivity index (χ1v) is 6.89. The second-order valence-corrected chi connectivity index (χ2v) is 5.36. The predicted molar refractivity (Wildman–Crippen MR) is 80.9 cm³/mol. The number of aryl methyl sites for hydroxylation is 1. The van der Waals surface area contributed by atoms with E-state index < -0.39 is 0 Å². The van der Waals surface area contributed by atoms with E-state index in [1.165, 1.54) is 22.5 Å². The van der Waals surface area contributed by atoms with Gasteiger partial charge in [-0.15, -0.1) is 0 Å². The smallest absolute Gasteiger partial charge is 0.0456 e. The van der Waals surface area contributed by atoms with E-state index in [0.717, 1.165) is 13.1 Å². The second-order valence-electron chi connectivity index (χ2n) is 5.36. The lowest BCUT2D eigenvalue weighted by Gasteiger charge is -2.27. The average molecular weight is 252 g/mol. The summed E-state index contributed by atoms with van der Waals surface area (Å²) in [6.07, 6.45) is 0. The molecule has 2 aromatic rings. The Morgan fingerprint density at radius 2 is 1.95 bits per heavy atom. The van der Waals surface area contributed by atoms with E-state index >= 15 is 0 Å². The molecular formula is C17H20N2. The summed E-state index contributed by atoms with van der Waals surface area (Å²) in [6.45, 7) is 6.34. The van der Waals surface area contributed by atoms with Crippen LogP contribution in [0.2, 0.25) is 0 Å². The molecule has 0 radical (unpaired) electrons. The molecule has 0 bridgehead atoms. The quantitative estimate of drug-likeness (QED) is 0.834. The molecule has 0 saturated heterocycles. The van der Waals surface area contributed by atoms with Crippen molar-refractivity contribution >= 4 is 11.4 Å². The Bertz CT molecular complexity index is 577. The molecule has 0 saturated carbocycles. The Labute approximate surface area is 115 Å². The molecule has 0 amide bonds. The second kappa shape index (κ2) is 5.06. The van der Waals surface area contributed by atoms with Crippen LogP contribution in [0.3, 0.4) is 0 Å². The zero-order chi connectivity index (χ0) is 13.2. The maximum absolute atomic E-state index is 3.57. The number of nitrogens with zero attached hydrogens (tertiary/aromatic N) is 1. The molecule has 0 aliphatic carbocycles. The van der Waals surface area contributed by atoms with E-state index in [1.807, 2.05) is 0 Å². The van der Waals surface area contributed by atoms with Gasteiger partial charge in [-0.1, -0.05) is 30.3 Å². The van der Waals surface area contributed by atoms with Gasteiger partial charge in [-0.3, -0.25) is 0 Å². The third kappa shape index (κ3) is 2.49. The SMILES string of the molecule is Cc1cccc(N2CC(C)NCc3ccccc32)c1. The molecule has 1 heterocycles. The van der Waals surface area contributed by atoms with E-state index in [2.05, 4.69) is 72.6 Å². The van der Waals surface area contributed by atoms with Crippen molar-refractivity contribution < 1.29 is 0 Å². The molecule has 3 rings (SSSR count). The number of fused-ring (bicyclic) bond motifs is 1. The Balaban J connectivity index is 2.08. The minimum Gasteiger partial charge on any atom is -0.340 e. The van der Waals surface area contributed by atoms with Gasteiger partial charge in [0, 0.05) is 30.5 Å². The molecule has 1 aliphatic heterocycles. The van der Waals surface area contributed by atoms with Crippen molar-refractivity contribution in [3.63, 3.8) is 0 Å². The van der Waals surface area contributed by atoms with Gasteiger partial charge in [0.05, 0.1) is 0 Å². The Kier molecular flexibility index (Phi) is 3.26. The van der Waals surface area contributed by atoms with Crippen LogP contribution in [0, 0.1) is 6.92 Å². The number of rotatable bonds is 1. The summed E-state index contributed by atoms with van der Waals surface area (Å²) < 4.78 is 0. The molecule has 98 valence electrons. The summed E-state index contributed by atoms with van der Waals surface area (Å²) in [5.74, 6) is 0. The Morgan fingerprint density at radius 3 is 2.79 bits per heavy atom. The van der Waals surface area contributed by atoms with Crippen molar-refractivity contribution in [2.75, 3.05) is 11.4 Å². The van der Waals surface area contributed by atoms with Gasteiger partial charge in [0.15, 0.2) is 0 Å². The standard InChI is InChI=1S/C17H20N2/c1-13-6-5-8-16(10-13)19-12-14(2)18-11-15-7-3-4-9-17(15)19/h3-10,14,18H,11-12H2,1-2H3. The first-order valence-electron chi connectivity index (χ1n) is 6.89. The number of anilines is 2. The van der Waals surface area contributed by atoms with Crippen LogP contribution in [0.15, 0.2) is 48.5 Å². The highest BCUT2D eigenvalue weighted by Crippen LogP contribution is 2.31. The van der Waals surface area contributed by atoms with Crippen molar-refractivity contribution in [2.24, 2.45) is 0 Å². The summed E-state index contributed by atoms with van der Waals surface area (Å²) in [5, 5.41) is 3.57. The third-order valence-electron chi connectivity index (χ3n) is 3.69. The minimum atomic E-state index is 0.480. The van der Waals surface area contributed by atoms with Gasteiger partial charge < -0.3 is 10.2 Å². The summed E-state index contributed by atoms with van der Waals surface area (Å²) in [5.41, 5.74) is 5.28. The van der Waals surface area contributed by atoms with Gasteiger partial charge in [0.2, 0.25) is 0 Å². The van der Waals surface area contributed by atoms with Crippen molar-refractivity contribution in [3.8, 4) is 0 Å². The number of benzene rings is 2. The van der Waals surface area contributed by atoms with Crippen LogP contribution < -0.4 is 10.2 Å². The fraction of sp³-hybridized carbons (Fsp3) is 0.294. The lowest BCUT2D eigenvalue weighted by Crippen LogP contribution is -2.33. The highest BCUT2D eigenvalue weighted by molar-refractivity contribution is 5.67. The van der Waals surface area contributed by atoms with Crippen LogP contribution >= 0.6 is 0 Å². The number of hydrogen-bond acceptors (Lipinski definition) is 2. The minimum absolute atomic E-state index is 0.480. The molecule has 1 unspecified atom stereocenters. The van der Waals surface area contributed by atoms with Crippen molar-refractivity contribution in [2.45, 2.75) is 26.4 Å². The van der Waals surface area contributed by atoms with E-state index in [1.54, 1.807) is 0 Å². The van der Waals surface area contributed by atoms with E-state index in [4.69, 9.17) is 0 Å². The summed E-state index contributed by atoms with van der Waals surface area (Å²) in [6, 6.07) is 17.9. The molecule has 0 fully saturated rings. The molecule has 1 aliphatic rings. The van der Waals surface area contributed by atoms with E-state index in [0.29, 0.717) is 6.04 Å². The maximum Gasteiger partial charge on any atom is 0.0456 e. The molecule has 2 nitrogen and oxygen atoms in total. The lowest BCUT2D eigenvalue weighted by atomic mass is 10.1. The zero-order valence-corrected chi connectivity index (χ0v) is 11.6. The highest BCUT2D eigenvalue weighted by atomic mass is 15.2. The van der Waals surface area contributed by atoms with Crippen LogP contribution in [-0.4, -0.2) is 12.6 Å². The molecular weight excluding hydrogens is 232 g/mol. The molecule has 2 aromatic carbocycles. The fourth-order valence-corrected chi connectivity index (χ4v) is 2.68. The molecule has 19 heavy (non-hydrogen) atoms. The predicted octanol–water partition coefficient (Wildman–Crippen LogP) is 3.62.